The predicted octanol–water partition coefficient (Wildman–Crippen LogP) is 6.10. The van der Waals surface area contributed by atoms with E-state index in [9.17, 15) is 13.2 Å². The standard InChI is InChI=1S/C24H25BF3.C4H12N/c25-17-3-1-2-16-24(18-4-10-21(26)11-5-18,19-6-12-22(27)13-7-19)20-8-14-23(28)15-9-20;1-5(2,3)4/h4-15H,1-3,16-17H2,25H3;1-4H3/q-1;+1. The lowest BCUT2D eigenvalue weighted by atomic mass is 9.66. The van der Waals surface area contributed by atoms with Gasteiger partial charge in [-0.25, -0.2) is 13.2 Å². The van der Waals surface area contributed by atoms with E-state index in [-0.39, 0.29) is 17.5 Å². The van der Waals surface area contributed by atoms with Crippen molar-refractivity contribution in [2.45, 2.75) is 37.4 Å². The summed E-state index contributed by atoms with van der Waals surface area (Å²) in [5.74, 6) is -0.887. The molecule has 5 heteroatoms. The fraction of sp³-hybridized carbons (Fsp3) is 0.357. The summed E-state index contributed by atoms with van der Waals surface area (Å²) in [4.78, 5) is 0. The van der Waals surface area contributed by atoms with E-state index in [0.29, 0.717) is 7.85 Å². The molecule has 0 aromatic heterocycles. The summed E-state index contributed by atoms with van der Waals surface area (Å²) in [5.41, 5.74) is 2.23. The molecule has 0 bridgehead atoms. The molecule has 1 nitrogen and oxygen atoms in total. The van der Waals surface area contributed by atoms with Crippen molar-refractivity contribution >= 4 is 7.85 Å². The Morgan fingerprint density at radius 2 is 0.879 bits per heavy atom. The quantitative estimate of drug-likeness (QED) is 0.167. The van der Waals surface area contributed by atoms with Gasteiger partial charge >= 0.3 is 0 Å². The van der Waals surface area contributed by atoms with E-state index in [1.165, 1.54) is 49.1 Å². The number of halogens is 3. The Morgan fingerprint density at radius 3 is 1.15 bits per heavy atom. The van der Waals surface area contributed by atoms with Crippen LogP contribution in [0.1, 0.15) is 42.4 Å². The molecule has 0 unspecified atom stereocenters. The van der Waals surface area contributed by atoms with Gasteiger partial charge in [-0.2, -0.15) is 6.32 Å². The Labute approximate surface area is 198 Å². The first-order valence-corrected chi connectivity index (χ1v) is 10.9. The van der Waals surface area contributed by atoms with Crippen LogP contribution in [0.5, 0.6) is 0 Å². The Kier molecular flexibility index (Phi) is 9.78. The fourth-order valence-electron chi connectivity index (χ4n) is 3.70. The normalized spacial score (nSPS) is 11.6. The largest absolute Gasteiger partial charge is 0.333 e. The molecule has 3 aromatic carbocycles. The molecule has 0 amide bonds. The number of hydrogen-bond acceptors (Lipinski definition) is 0. The van der Waals surface area contributed by atoms with Crippen LogP contribution in [-0.2, 0) is 5.41 Å². The van der Waals surface area contributed by atoms with E-state index in [2.05, 4.69) is 28.2 Å². The molecule has 0 aliphatic heterocycles. The molecule has 3 aromatic rings. The first kappa shape index (κ1) is 26.7. The number of unbranched alkanes of at least 4 members (excludes halogenated alkanes) is 2. The van der Waals surface area contributed by atoms with Gasteiger partial charge in [0.25, 0.3) is 0 Å². The van der Waals surface area contributed by atoms with Gasteiger partial charge in [0, 0.05) is 5.41 Å². The average Bonchev–Trinajstić information content (AvgIpc) is 2.75. The molecule has 0 saturated heterocycles. The first-order valence-electron chi connectivity index (χ1n) is 10.9. The summed E-state index contributed by atoms with van der Waals surface area (Å²) in [7, 11) is 8.92. The van der Waals surface area contributed by atoms with Gasteiger partial charge in [0.1, 0.15) is 17.5 Å². The van der Waals surface area contributed by atoms with Crippen LogP contribution in [0.3, 0.4) is 0 Å². The highest BCUT2D eigenvalue weighted by atomic mass is 19.1. The van der Waals surface area contributed by atoms with Gasteiger partial charge in [0.2, 0.25) is 0 Å². The third-order valence-corrected chi connectivity index (χ3v) is 5.06. The van der Waals surface area contributed by atoms with Crippen molar-refractivity contribution < 1.29 is 17.7 Å². The van der Waals surface area contributed by atoms with Crippen LogP contribution in [0.4, 0.5) is 13.2 Å². The maximum absolute atomic E-state index is 13.6. The zero-order valence-corrected chi connectivity index (χ0v) is 19.5. The third kappa shape index (κ3) is 8.08. The monoisotopic (exact) mass is 455 g/mol. The highest BCUT2D eigenvalue weighted by molar-refractivity contribution is 6.08. The van der Waals surface area contributed by atoms with Crippen molar-refractivity contribution in [3.8, 4) is 0 Å². The Balaban J connectivity index is 0.000000696. The summed E-state index contributed by atoms with van der Waals surface area (Å²) >= 11 is 0. The van der Waals surface area contributed by atoms with Crippen molar-refractivity contribution in [2.75, 3.05) is 28.2 Å². The molecule has 178 valence electrons. The second-order valence-electron chi connectivity index (χ2n) is 9.42. The Hall–Kier alpha value is -2.53. The molecule has 0 aliphatic carbocycles. The second kappa shape index (κ2) is 12.1. The molecule has 33 heavy (non-hydrogen) atoms. The van der Waals surface area contributed by atoms with Crippen LogP contribution < -0.4 is 0 Å². The minimum Gasteiger partial charge on any atom is -0.333 e. The third-order valence-electron chi connectivity index (χ3n) is 5.06. The van der Waals surface area contributed by atoms with Gasteiger partial charge in [-0.3, -0.25) is 0 Å². The lowest BCUT2D eigenvalue weighted by molar-refractivity contribution is -0.849. The topological polar surface area (TPSA) is 0 Å². The zero-order valence-electron chi connectivity index (χ0n) is 19.5. The number of quaternary nitrogens is 1. The van der Waals surface area contributed by atoms with Crippen LogP contribution in [0.25, 0.3) is 0 Å². The van der Waals surface area contributed by atoms with E-state index in [0.717, 1.165) is 40.4 Å². The van der Waals surface area contributed by atoms with E-state index in [1.54, 1.807) is 36.4 Å². The van der Waals surface area contributed by atoms with Crippen molar-refractivity contribution in [3.05, 3.63) is 107 Å². The summed E-state index contributed by atoms with van der Waals surface area (Å²) in [6.07, 6.45) is 5.55. The van der Waals surface area contributed by atoms with Gasteiger partial charge in [-0.15, -0.1) is 0 Å². The number of nitrogens with zero attached hydrogens (tertiary/aromatic N) is 1. The first-order chi connectivity index (χ1) is 15.6. The maximum Gasteiger partial charge on any atom is 0.123 e. The van der Waals surface area contributed by atoms with Gasteiger partial charge in [0.15, 0.2) is 0 Å². The number of benzene rings is 3. The van der Waals surface area contributed by atoms with Crippen molar-refractivity contribution in [3.63, 3.8) is 0 Å². The van der Waals surface area contributed by atoms with Crippen molar-refractivity contribution in [2.24, 2.45) is 0 Å². The van der Waals surface area contributed by atoms with E-state index >= 15 is 0 Å². The van der Waals surface area contributed by atoms with Gasteiger partial charge in [0.05, 0.1) is 28.2 Å². The molecule has 0 saturated carbocycles. The molecule has 0 radical (unpaired) electrons. The number of hydrogen-bond donors (Lipinski definition) is 0. The maximum atomic E-state index is 13.6. The molecule has 0 atom stereocenters. The second-order valence-corrected chi connectivity index (χ2v) is 9.42. The summed E-state index contributed by atoms with van der Waals surface area (Å²) in [6.45, 7) is 0. The van der Waals surface area contributed by atoms with Crippen LogP contribution in [-0.4, -0.2) is 40.5 Å². The van der Waals surface area contributed by atoms with E-state index in [4.69, 9.17) is 0 Å². The number of rotatable bonds is 8. The van der Waals surface area contributed by atoms with Gasteiger partial charge < -0.3 is 4.48 Å². The molecule has 3 rings (SSSR count). The van der Waals surface area contributed by atoms with E-state index < -0.39 is 5.41 Å². The van der Waals surface area contributed by atoms with Crippen LogP contribution in [0, 0.1) is 17.5 Å². The molecule has 0 aliphatic rings. The minimum atomic E-state index is -0.574. The van der Waals surface area contributed by atoms with Crippen molar-refractivity contribution in [1.82, 2.24) is 0 Å². The molecular weight excluding hydrogens is 418 g/mol. The Morgan fingerprint density at radius 1 is 0.576 bits per heavy atom. The summed E-state index contributed by atoms with van der Waals surface area (Å²) in [6, 6.07) is 19.5. The van der Waals surface area contributed by atoms with Gasteiger partial charge in [-0.05, 0) is 67.4 Å². The molecule has 0 spiro atoms. The molecule has 0 fully saturated rings. The Bertz CT molecular complexity index is 845. The SMILES string of the molecule is C[N+](C)(C)C.[BH3-]CCCCCC(c1ccc(F)cc1)(c1ccc(F)cc1)c1ccc(F)cc1. The predicted molar refractivity (Wildman–Crippen MR) is 136 cm³/mol. The fourth-order valence-corrected chi connectivity index (χ4v) is 3.70. The molecular formula is C28H37BF3N. The average molecular weight is 455 g/mol. The van der Waals surface area contributed by atoms with Gasteiger partial charge in [-0.1, -0.05) is 55.7 Å². The summed E-state index contributed by atoms with van der Waals surface area (Å²) < 4.78 is 41.9. The summed E-state index contributed by atoms with van der Waals surface area (Å²) in [5, 5.41) is 0. The zero-order chi connectivity index (χ0) is 24.5. The smallest absolute Gasteiger partial charge is 0.123 e. The molecule has 0 heterocycles. The van der Waals surface area contributed by atoms with E-state index in [1.807, 2.05) is 0 Å². The molecule has 0 N–H and O–H groups in total. The highest BCUT2D eigenvalue weighted by Crippen LogP contribution is 2.43. The van der Waals surface area contributed by atoms with Crippen LogP contribution in [0.15, 0.2) is 72.8 Å². The van der Waals surface area contributed by atoms with Crippen molar-refractivity contribution in [1.29, 1.82) is 0 Å². The minimum absolute atomic E-state index is 0.296. The lowest BCUT2D eigenvalue weighted by Gasteiger charge is -2.36. The highest BCUT2D eigenvalue weighted by Gasteiger charge is 2.36. The van der Waals surface area contributed by atoms with Crippen LogP contribution in [0.2, 0.25) is 6.32 Å². The lowest BCUT2D eigenvalue weighted by Crippen LogP contribution is -2.29. The van der Waals surface area contributed by atoms with Crippen LogP contribution >= 0.6 is 0 Å².